The van der Waals surface area contributed by atoms with Crippen LogP contribution in [0.25, 0.3) is 0 Å². The Morgan fingerprint density at radius 3 is 1.73 bits per heavy atom. The Bertz CT molecular complexity index is 491. The number of rotatable bonds is 6. The molecule has 0 fully saturated rings. The van der Waals surface area contributed by atoms with Crippen LogP contribution >= 0.6 is 7.82 Å². The van der Waals surface area contributed by atoms with Crippen LogP contribution in [0.2, 0.25) is 0 Å². The van der Waals surface area contributed by atoms with Gasteiger partial charge in [-0.1, -0.05) is 12.1 Å². The van der Waals surface area contributed by atoms with Crippen molar-refractivity contribution in [3.05, 3.63) is 29.8 Å². The number of benzene rings is 1. The summed E-state index contributed by atoms with van der Waals surface area (Å²) in [5.74, 6) is 0.754. The van der Waals surface area contributed by atoms with Crippen LogP contribution in [0, 0.1) is 0 Å². The molecule has 6 heteroatoms. The number of ether oxygens (including phenoxy) is 1. The van der Waals surface area contributed by atoms with Crippen LogP contribution in [0.4, 0.5) is 0 Å². The lowest BCUT2D eigenvalue weighted by atomic mass is 10.2. The second-order valence-corrected chi connectivity index (χ2v) is 8.49. The van der Waals surface area contributed by atoms with E-state index in [1.165, 1.54) is 0 Å². The highest BCUT2D eigenvalue weighted by Gasteiger charge is 2.37. The summed E-state index contributed by atoms with van der Waals surface area (Å²) in [5.41, 5.74) is -0.419. The molecule has 0 N–H and O–H groups in total. The highest BCUT2D eigenvalue weighted by atomic mass is 31.2. The number of hydrogen-bond donors (Lipinski definition) is 0. The average molecular weight is 330 g/mol. The van der Waals surface area contributed by atoms with Gasteiger partial charge in [-0.05, 0) is 59.2 Å². The molecule has 0 atom stereocenters. The standard InChI is InChI=1S/C16H27O5P/c1-15(2,3)20-22(17,21-16(4,5)6)19-12-13-8-10-14(18-7)11-9-13/h8-11H,12H2,1-7H3. The third-order valence-electron chi connectivity index (χ3n) is 2.32. The summed E-state index contributed by atoms with van der Waals surface area (Å²) in [7, 11) is -2.07. The molecule has 1 aromatic carbocycles. The number of hydrogen-bond acceptors (Lipinski definition) is 5. The van der Waals surface area contributed by atoms with E-state index in [1.54, 1.807) is 7.11 Å². The number of phosphoric ester groups is 1. The first-order valence-electron chi connectivity index (χ1n) is 7.21. The minimum absolute atomic E-state index is 0.132. The molecular formula is C16H27O5P. The van der Waals surface area contributed by atoms with E-state index in [2.05, 4.69) is 0 Å². The van der Waals surface area contributed by atoms with E-state index >= 15 is 0 Å². The predicted octanol–water partition coefficient (Wildman–Crippen LogP) is 4.95. The van der Waals surface area contributed by atoms with E-state index in [0.29, 0.717) is 0 Å². The first-order chi connectivity index (χ1) is 9.92. The zero-order valence-electron chi connectivity index (χ0n) is 14.5. The molecule has 126 valence electrons. The molecule has 0 unspecified atom stereocenters. The van der Waals surface area contributed by atoms with Gasteiger partial charge in [0, 0.05) is 0 Å². The molecule has 0 spiro atoms. The van der Waals surface area contributed by atoms with Crippen molar-refractivity contribution in [1.82, 2.24) is 0 Å². The van der Waals surface area contributed by atoms with E-state index in [-0.39, 0.29) is 6.61 Å². The molecule has 0 saturated carbocycles. The van der Waals surface area contributed by atoms with Crippen molar-refractivity contribution in [1.29, 1.82) is 0 Å². The molecule has 22 heavy (non-hydrogen) atoms. The molecule has 0 aliphatic heterocycles. The van der Waals surface area contributed by atoms with Gasteiger partial charge in [0.05, 0.1) is 24.9 Å². The van der Waals surface area contributed by atoms with Gasteiger partial charge in [-0.2, -0.15) is 0 Å². The van der Waals surface area contributed by atoms with Crippen molar-refractivity contribution in [2.45, 2.75) is 59.4 Å². The maximum absolute atomic E-state index is 12.8. The quantitative estimate of drug-likeness (QED) is 0.691. The first-order valence-corrected chi connectivity index (χ1v) is 8.68. The van der Waals surface area contributed by atoms with Gasteiger partial charge in [0.25, 0.3) is 0 Å². The van der Waals surface area contributed by atoms with Crippen LogP contribution < -0.4 is 4.74 Å². The van der Waals surface area contributed by atoms with Crippen molar-refractivity contribution in [3.8, 4) is 5.75 Å². The fourth-order valence-corrected chi connectivity index (χ4v) is 3.41. The number of phosphoric acid groups is 1. The van der Waals surface area contributed by atoms with Crippen LogP contribution in [-0.2, 0) is 24.7 Å². The Balaban J connectivity index is 2.81. The van der Waals surface area contributed by atoms with E-state index in [1.807, 2.05) is 65.8 Å². The van der Waals surface area contributed by atoms with Gasteiger partial charge in [-0.15, -0.1) is 0 Å². The predicted molar refractivity (Wildman–Crippen MR) is 87.1 cm³/mol. The maximum atomic E-state index is 12.8. The molecule has 1 rings (SSSR count). The van der Waals surface area contributed by atoms with Crippen LogP contribution in [0.3, 0.4) is 0 Å². The molecule has 0 aliphatic carbocycles. The van der Waals surface area contributed by atoms with E-state index in [0.717, 1.165) is 11.3 Å². The van der Waals surface area contributed by atoms with Crippen molar-refractivity contribution in [2.24, 2.45) is 0 Å². The van der Waals surface area contributed by atoms with Crippen LogP contribution in [0.1, 0.15) is 47.1 Å². The van der Waals surface area contributed by atoms with E-state index in [9.17, 15) is 4.57 Å². The average Bonchev–Trinajstić information content (AvgIpc) is 2.32. The normalized spacial score (nSPS) is 13.2. The third-order valence-corrected chi connectivity index (χ3v) is 4.31. The fourth-order valence-electron chi connectivity index (χ4n) is 1.62. The maximum Gasteiger partial charge on any atom is 0.476 e. The summed E-state index contributed by atoms with van der Waals surface area (Å²) in [6.45, 7) is 11.0. The molecular weight excluding hydrogens is 303 g/mol. The molecule has 0 saturated heterocycles. The van der Waals surface area contributed by atoms with Gasteiger partial charge >= 0.3 is 7.82 Å². The highest BCUT2D eigenvalue weighted by Crippen LogP contribution is 2.55. The van der Waals surface area contributed by atoms with Crippen molar-refractivity contribution in [3.63, 3.8) is 0 Å². The Labute approximate surface area is 133 Å². The summed E-state index contributed by atoms with van der Waals surface area (Å²) in [6.07, 6.45) is 0. The Morgan fingerprint density at radius 1 is 0.909 bits per heavy atom. The summed E-state index contributed by atoms with van der Waals surface area (Å²) >= 11 is 0. The SMILES string of the molecule is COc1ccc(COP(=O)(OC(C)(C)C)OC(C)(C)C)cc1. The van der Waals surface area contributed by atoms with Gasteiger partial charge in [0.2, 0.25) is 0 Å². The minimum atomic E-state index is -3.68. The van der Waals surface area contributed by atoms with Gasteiger partial charge in [-0.3, -0.25) is 13.6 Å². The molecule has 0 amide bonds. The molecule has 5 nitrogen and oxygen atoms in total. The van der Waals surface area contributed by atoms with Crippen LogP contribution in [-0.4, -0.2) is 18.3 Å². The summed E-state index contributed by atoms with van der Waals surface area (Å²) in [4.78, 5) is 0. The fraction of sp³-hybridized carbons (Fsp3) is 0.625. The second-order valence-electron chi connectivity index (χ2n) is 6.98. The molecule has 0 heterocycles. The summed E-state index contributed by atoms with van der Waals surface area (Å²) in [5, 5.41) is 0. The molecule has 0 aromatic heterocycles. The van der Waals surface area contributed by atoms with Gasteiger partial charge in [-0.25, -0.2) is 4.57 Å². The molecule has 0 bridgehead atoms. The largest absolute Gasteiger partial charge is 0.497 e. The van der Waals surface area contributed by atoms with E-state index < -0.39 is 19.0 Å². The first kappa shape index (κ1) is 19.2. The molecule has 0 radical (unpaired) electrons. The molecule has 0 aliphatic rings. The lowest BCUT2D eigenvalue weighted by molar-refractivity contribution is 0.000856. The lowest BCUT2D eigenvalue weighted by Crippen LogP contribution is -2.24. The Kier molecular flexibility index (Phi) is 6.22. The minimum Gasteiger partial charge on any atom is -0.497 e. The molecule has 1 aromatic rings. The van der Waals surface area contributed by atoms with Crippen molar-refractivity contribution >= 4 is 7.82 Å². The Hall–Kier alpha value is -0.870. The Morgan fingerprint density at radius 2 is 1.36 bits per heavy atom. The van der Waals surface area contributed by atoms with Crippen molar-refractivity contribution < 1.29 is 22.9 Å². The van der Waals surface area contributed by atoms with Gasteiger partial charge in [0.15, 0.2) is 0 Å². The topological polar surface area (TPSA) is 54.0 Å². The number of methoxy groups -OCH3 is 1. The van der Waals surface area contributed by atoms with Gasteiger partial charge in [0.1, 0.15) is 5.75 Å². The van der Waals surface area contributed by atoms with Crippen LogP contribution in [0.5, 0.6) is 5.75 Å². The summed E-state index contributed by atoms with van der Waals surface area (Å²) in [6, 6.07) is 7.33. The van der Waals surface area contributed by atoms with Gasteiger partial charge < -0.3 is 4.74 Å². The lowest BCUT2D eigenvalue weighted by Gasteiger charge is -2.30. The summed E-state index contributed by atoms with van der Waals surface area (Å²) < 4.78 is 34.6. The zero-order valence-corrected chi connectivity index (χ0v) is 15.4. The van der Waals surface area contributed by atoms with Crippen molar-refractivity contribution in [2.75, 3.05) is 7.11 Å². The smallest absolute Gasteiger partial charge is 0.476 e. The van der Waals surface area contributed by atoms with E-state index in [4.69, 9.17) is 18.3 Å². The monoisotopic (exact) mass is 330 g/mol. The second kappa shape index (κ2) is 7.14. The third kappa shape index (κ3) is 7.41. The zero-order chi connectivity index (χ0) is 17.0. The van der Waals surface area contributed by atoms with Crippen LogP contribution in [0.15, 0.2) is 24.3 Å². The highest BCUT2D eigenvalue weighted by molar-refractivity contribution is 7.48.